The molecule has 21 heavy (non-hydrogen) atoms. The molecule has 1 fully saturated rings. The highest BCUT2D eigenvalue weighted by Crippen LogP contribution is 2.32. The number of hydrogen-bond acceptors (Lipinski definition) is 2. The van der Waals surface area contributed by atoms with Gasteiger partial charge in [-0.2, -0.15) is 0 Å². The molecule has 2 heterocycles. The summed E-state index contributed by atoms with van der Waals surface area (Å²) in [7, 11) is 0. The molecule has 5 nitrogen and oxygen atoms in total. The van der Waals surface area contributed by atoms with E-state index in [0.29, 0.717) is 6.42 Å². The summed E-state index contributed by atoms with van der Waals surface area (Å²) < 4.78 is 0. The summed E-state index contributed by atoms with van der Waals surface area (Å²) in [5.41, 5.74) is 1.80. The van der Waals surface area contributed by atoms with Crippen molar-refractivity contribution in [2.24, 2.45) is 5.92 Å². The molecule has 0 radical (unpaired) electrons. The number of urea groups is 1. The van der Waals surface area contributed by atoms with E-state index in [1.165, 1.54) is 0 Å². The maximum Gasteiger partial charge on any atom is 0.324 e. The van der Waals surface area contributed by atoms with Crippen LogP contribution in [0.3, 0.4) is 0 Å². The van der Waals surface area contributed by atoms with Crippen molar-refractivity contribution < 1.29 is 14.7 Å². The molecule has 2 unspecified atom stereocenters. The number of para-hydroxylation sites is 1. The number of benzene rings is 1. The first-order valence-electron chi connectivity index (χ1n) is 7.47. The van der Waals surface area contributed by atoms with Gasteiger partial charge in [0.1, 0.15) is 0 Å². The highest BCUT2D eigenvalue weighted by atomic mass is 16.4. The largest absolute Gasteiger partial charge is 0.481 e. The third-order valence-corrected chi connectivity index (χ3v) is 4.53. The van der Waals surface area contributed by atoms with E-state index < -0.39 is 11.9 Å². The Morgan fingerprint density at radius 3 is 2.71 bits per heavy atom. The van der Waals surface area contributed by atoms with E-state index in [1.54, 1.807) is 4.90 Å². The SMILES string of the molecule is CC1CCCN1C(=O)N1CC(C(=O)O)Cc2ccccc21. The predicted octanol–water partition coefficient (Wildman–Crippen LogP) is 2.35. The molecule has 0 bridgehead atoms. The first-order valence-corrected chi connectivity index (χ1v) is 7.47. The number of carbonyl (C=O) groups is 2. The van der Waals surface area contributed by atoms with Crippen LogP contribution in [-0.2, 0) is 11.2 Å². The molecule has 0 spiro atoms. The molecule has 5 heteroatoms. The number of nitrogens with zero attached hydrogens (tertiary/aromatic N) is 2. The molecule has 2 aliphatic heterocycles. The zero-order valence-electron chi connectivity index (χ0n) is 12.2. The van der Waals surface area contributed by atoms with Crippen molar-refractivity contribution in [3.63, 3.8) is 0 Å². The first-order chi connectivity index (χ1) is 10.1. The second-order valence-corrected chi connectivity index (χ2v) is 5.95. The molecule has 0 aliphatic carbocycles. The zero-order chi connectivity index (χ0) is 15.0. The van der Waals surface area contributed by atoms with E-state index in [1.807, 2.05) is 29.2 Å². The Hall–Kier alpha value is -2.04. The van der Waals surface area contributed by atoms with Crippen molar-refractivity contribution in [1.29, 1.82) is 0 Å². The van der Waals surface area contributed by atoms with Gasteiger partial charge in [0.25, 0.3) is 0 Å². The Morgan fingerprint density at radius 1 is 1.29 bits per heavy atom. The van der Waals surface area contributed by atoms with Crippen molar-refractivity contribution >= 4 is 17.7 Å². The van der Waals surface area contributed by atoms with Gasteiger partial charge in [0.15, 0.2) is 0 Å². The van der Waals surface area contributed by atoms with Crippen LogP contribution in [0.15, 0.2) is 24.3 Å². The van der Waals surface area contributed by atoms with Crippen LogP contribution in [0.1, 0.15) is 25.3 Å². The average Bonchev–Trinajstić information content (AvgIpc) is 2.91. The van der Waals surface area contributed by atoms with Crippen molar-refractivity contribution in [2.45, 2.75) is 32.2 Å². The summed E-state index contributed by atoms with van der Waals surface area (Å²) in [6.45, 7) is 3.07. The minimum Gasteiger partial charge on any atom is -0.481 e. The molecular formula is C16H20N2O3. The number of carboxylic acid groups (broad SMARTS) is 1. The number of likely N-dealkylation sites (tertiary alicyclic amines) is 1. The van der Waals surface area contributed by atoms with Gasteiger partial charge in [-0.1, -0.05) is 18.2 Å². The lowest BCUT2D eigenvalue weighted by Crippen LogP contribution is -2.50. The van der Waals surface area contributed by atoms with Crippen molar-refractivity contribution in [3.8, 4) is 0 Å². The Morgan fingerprint density at radius 2 is 2.05 bits per heavy atom. The molecule has 112 valence electrons. The number of carboxylic acids is 1. The maximum atomic E-state index is 12.8. The Bertz CT molecular complexity index is 572. The summed E-state index contributed by atoms with van der Waals surface area (Å²) >= 11 is 0. The Kier molecular flexibility index (Phi) is 3.57. The van der Waals surface area contributed by atoms with E-state index >= 15 is 0 Å². The third-order valence-electron chi connectivity index (χ3n) is 4.53. The van der Waals surface area contributed by atoms with Gasteiger partial charge in [-0.05, 0) is 37.8 Å². The van der Waals surface area contributed by atoms with Gasteiger partial charge in [0.05, 0.1) is 5.92 Å². The fourth-order valence-electron chi connectivity index (χ4n) is 3.31. The number of amides is 2. The van der Waals surface area contributed by atoms with Gasteiger partial charge >= 0.3 is 12.0 Å². The van der Waals surface area contributed by atoms with Crippen LogP contribution in [0.2, 0.25) is 0 Å². The van der Waals surface area contributed by atoms with Crippen LogP contribution in [0.4, 0.5) is 10.5 Å². The Labute approximate surface area is 124 Å². The van der Waals surface area contributed by atoms with Crippen molar-refractivity contribution in [3.05, 3.63) is 29.8 Å². The molecule has 1 aromatic rings. The van der Waals surface area contributed by atoms with E-state index in [9.17, 15) is 14.7 Å². The summed E-state index contributed by atoms with van der Waals surface area (Å²) in [6, 6.07) is 7.79. The van der Waals surface area contributed by atoms with Gasteiger partial charge in [-0.25, -0.2) is 4.79 Å². The molecule has 1 saturated heterocycles. The second-order valence-electron chi connectivity index (χ2n) is 5.95. The number of anilines is 1. The first kappa shape index (κ1) is 13.9. The second kappa shape index (κ2) is 5.39. The topological polar surface area (TPSA) is 60.9 Å². The van der Waals surface area contributed by atoms with E-state index in [4.69, 9.17) is 0 Å². The van der Waals surface area contributed by atoms with E-state index in [2.05, 4.69) is 6.92 Å². The van der Waals surface area contributed by atoms with Gasteiger partial charge in [0, 0.05) is 24.8 Å². The molecule has 1 aromatic carbocycles. The van der Waals surface area contributed by atoms with Gasteiger partial charge < -0.3 is 10.0 Å². The molecule has 2 aliphatic rings. The van der Waals surface area contributed by atoms with Crippen LogP contribution < -0.4 is 4.90 Å². The summed E-state index contributed by atoms with van der Waals surface area (Å²) in [4.78, 5) is 27.7. The van der Waals surface area contributed by atoms with Crippen molar-refractivity contribution in [2.75, 3.05) is 18.0 Å². The Balaban J connectivity index is 1.92. The molecular weight excluding hydrogens is 268 g/mol. The fourth-order valence-corrected chi connectivity index (χ4v) is 3.31. The standard InChI is InChI=1S/C16H20N2O3/c1-11-5-4-8-17(11)16(21)18-10-13(15(19)20)9-12-6-2-3-7-14(12)18/h2-3,6-7,11,13H,4-5,8-10H2,1H3,(H,19,20). The van der Waals surface area contributed by atoms with Crippen LogP contribution in [0.25, 0.3) is 0 Å². The number of rotatable bonds is 1. The highest BCUT2D eigenvalue weighted by Gasteiger charge is 2.36. The predicted molar refractivity (Wildman–Crippen MR) is 79.4 cm³/mol. The fraction of sp³-hybridized carbons (Fsp3) is 0.500. The lowest BCUT2D eigenvalue weighted by atomic mass is 9.93. The molecule has 2 atom stereocenters. The summed E-state index contributed by atoms with van der Waals surface area (Å²) in [5.74, 6) is -1.36. The van der Waals surface area contributed by atoms with Gasteiger partial charge in [0.2, 0.25) is 0 Å². The summed E-state index contributed by atoms with van der Waals surface area (Å²) in [5, 5.41) is 9.33. The number of hydrogen-bond donors (Lipinski definition) is 1. The average molecular weight is 288 g/mol. The van der Waals surface area contributed by atoms with E-state index in [0.717, 1.165) is 30.6 Å². The summed E-state index contributed by atoms with van der Waals surface area (Å²) in [6.07, 6.45) is 2.53. The van der Waals surface area contributed by atoms with Crippen LogP contribution in [-0.4, -0.2) is 41.1 Å². The molecule has 0 aromatic heterocycles. The zero-order valence-corrected chi connectivity index (χ0v) is 12.2. The lowest BCUT2D eigenvalue weighted by molar-refractivity contribution is -0.141. The van der Waals surface area contributed by atoms with Crippen LogP contribution >= 0.6 is 0 Å². The van der Waals surface area contributed by atoms with Gasteiger partial charge in [-0.15, -0.1) is 0 Å². The minimum atomic E-state index is -0.836. The molecule has 2 amide bonds. The molecule has 1 N–H and O–H groups in total. The molecule has 0 saturated carbocycles. The van der Waals surface area contributed by atoms with E-state index in [-0.39, 0.29) is 18.6 Å². The van der Waals surface area contributed by atoms with Gasteiger partial charge in [-0.3, -0.25) is 9.69 Å². The minimum absolute atomic E-state index is 0.0570. The number of fused-ring (bicyclic) bond motifs is 1. The monoisotopic (exact) mass is 288 g/mol. The lowest BCUT2D eigenvalue weighted by Gasteiger charge is -2.36. The normalized spacial score (nSPS) is 24.8. The maximum absolute atomic E-state index is 12.8. The van der Waals surface area contributed by atoms with Crippen molar-refractivity contribution in [1.82, 2.24) is 4.90 Å². The van der Waals surface area contributed by atoms with Crippen LogP contribution in [0.5, 0.6) is 0 Å². The molecule has 3 rings (SSSR count). The quantitative estimate of drug-likeness (QED) is 0.863. The third kappa shape index (κ3) is 2.48. The number of carbonyl (C=O) groups excluding carboxylic acids is 1. The smallest absolute Gasteiger partial charge is 0.324 e. The van der Waals surface area contributed by atoms with Crippen LogP contribution in [0, 0.1) is 5.92 Å². The highest BCUT2D eigenvalue weighted by molar-refractivity contribution is 5.95. The number of aliphatic carboxylic acids is 1.